The largest absolute Gasteiger partial charge is 0.481 e. The van der Waals surface area contributed by atoms with Gasteiger partial charge in [0, 0.05) is 11.6 Å². The quantitative estimate of drug-likeness (QED) is 0.726. The van der Waals surface area contributed by atoms with E-state index in [-0.39, 0.29) is 5.69 Å². The summed E-state index contributed by atoms with van der Waals surface area (Å²) in [4.78, 5) is 18.2. The van der Waals surface area contributed by atoms with Gasteiger partial charge in [-0.3, -0.25) is 0 Å². The third-order valence-corrected chi connectivity index (χ3v) is 2.53. The van der Waals surface area contributed by atoms with E-state index in [0.29, 0.717) is 35.4 Å². The third-order valence-electron chi connectivity index (χ3n) is 2.53. The van der Waals surface area contributed by atoms with E-state index in [2.05, 4.69) is 9.97 Å². The van der Waals surface area contributed by atoms with Gasteiger partial charge < -0.3 is 20.6 Å². The smallest absolute Gasteiger partial charge is 0.352 e. The molecule has 0 aromatic carbocycles. The van der Waals surface area contributed by atoms with Crippen LogP contribution in [-0.4, -0.2) is 34.7 Å². The van der Waals surface area contributed by atoms with Gasteiger partial charge in [0.15, 0.2) is 0 Å². The fourth-order valence-electron chi connectivity index (χ4n) is 1.78. The van der Waals surface area contributed by atoms with Crippen LogP contribution in [0, 0.1) is 0 Å². The highest BCUT2D eigenvalue weighted by Gasteiger charge is 2.17. The first-order valence-corrected chi connectivity index (χ1v) is 5.16. The number of hydrogen-bond donors (Lipinski definition) is 3. The number of hydrogen-bond acceptors (Lipinski definition) is 4. The molecule has 0 aliphatic heterocycles. The normalized spacial score (nSPS) is 10.7. The lowest BCUT2D eigenvalue weighted by molar-refractivity contribution is 0.0690. The molecule has 2 aromatic heterocycles. The Bertz CT molecular complexity index is 562. The number of carboxylic acids is 1. The number of methoxy groups -OCH3 is 1. The Morgan fingerprint density at radius 2 is 2.35 bits per heavy atom. The van der Waals surface area contributed by atoms with Crippen LogP contribution in [0.3, 0.4) is 0 Å². The van der Waals surface area contributed by atoms with Crippen LogP contribution in [0.5, 0.6) is 5.88 Å². The molecule has 2 heterocycles. The molecule has 2 rings (SSSR count). The van der Waals surface area contributed by atoms with E-state index in [1.165, 1.54) is 7.11 Å². The fourth-order valence-corrected chi connectivity index (χ4v) is 1.78. The van der Waals surface area contributed by atoms with Gasteiger partial charge >= 0.3 is 5.97 Å². The number of fused-ring (bicyclic) bond motifs is 1. The number of carbonyl (C=O) groups is 1. The van der Waals surface area contributed by atoms with Crippen molar-refractivity contribution in [2.75, 3.05) is 13.7 Å². The molecule has 0 radical (unpaired) electrons. The second-order valence-electron chi connectivity index (χ2n) is 3.57. The molecule has 2 aromatic rings. The minimum Gasteiger partial charge on any atom is -0.481 e. The maximum atomic E-state index is 11.1. The van der Waals surface area contributed by atoms with Crippen molar-refractivity contribution in [3.8, 4) is 5.88 Å². The van der Waals surface area contributed by atoms with E-state index in [1.807, 2.05) is 0 Å². The van der Waals surface area contributed by atoms with Crippen molar-refractivity contribution < 1.29 is 14.6 Å². The van der Waals surface area contributed by atoms with Crippen molar-refractivity contribution in [2.45, 2.75) is 6.42 Å². The van der Waals surface area contributed by atoms with Crippen LogP contribution in [-0.2, 0) is 6.42 Å². The Morgan fingerprint density at radius 3 is 2.94 bits per heavy atom. The summed E-state index contributed by atoms with van der Waals surface area (Å²) in [5, 5.41) is 9.09. The zero-order valence-corrected chi connectivity index (χ0v) is 9.36. The van der Waals surface area contributed by atoms with Gasteiger partial charge in [-0.15, -0.1) is 0 Å². The predicted molar refractivity (Wildman–Crippen MR) is 62.4 cm³/mol. The average Bonchev–Trinajstić information content (AvgIpc) is 2.68. The lowest BCUT2D eigenvalue weighted by atomic mass is 10.1. The summed E-state index contributed by atoms with van der Waals surface area (Å²) in [6.45, 7) is 0.367. The Hall–Kier alpha value is -2.08. The first kappa shape index (κ1) is 11.4. The van der Waals surface area contributed by atoms with Crippen molar-refractivity contribution >= 4 is 17.0 Å². The van der Waals surface area contributed by atoms with E-state index in [9.17, 15) is 4.79 Å². The van der Waals surface area contributed by atoms with Gasteiger partial charge in [0.2, 0.25) is 5.88 Å². The topological polar surface area (TPSA) is 101 Å². The highest BCUT2D eigenvalue weighted by molar-refractivity contribution is 5.96. The molecule has 0 aliphatic rings. The summed E-state index contributed by atoms with van der Waals surface area (Å²) in [5.41, 5.74) is 7.53. The van der Waals surface area contributed by atoms with Crippen molar-refractivity contribution in [1.29, 1.82) is 0 Å². The van der Waals surface area contributed by atoms with E-state index in [1.54, 1.807) is 12.1 Å². The zero-order chi connectivity index (χ0) is 12.4. The van der Waals surface area contributed by atoms with Crippen molar-refractivity contribution in [1.82, 2.24) is 9.97 Å². The number of aromatic nitrogens is 2. The molecule has 4 N–H and O–H groups in total. The second kappa shape index (κ2) is 4.42. The van der Waals surface area contributed by atoms with Crippen LogP contribution in [0.25, 0.3) is 11.0 Å². The number of rotatable bonds is 4. The van der Waals surface area contributed by atoms with E-state index in [4.69, 9.17) is 15.6 Å². The van der Waals surface area contributed by atoms with E-state index in [0.717, 1.165) is 0 Å². The molecule has 17 heavy (non-hydrogen) atoms. The lowest BCUT2D eigenvalue weighted by Gasteiger charge is -2.00. The summed E-state index contributed by atoms with van der Waals surface area (Å²) in [6.07, 6.45) is 0.460. The molecular weight excluding hydrogens is 222 g/mol. The molecule has 6 heteroatoms. The number of aromatic carboxylic acids is 1. The molecule has 0 unspecified atom stereocenters. The standard InChI is InChI=1S/C11H13N3O3/c1-17-8-3-2-7-9(14-8)6(4-5-12)10(13-7)11(15)16/h2-3,13H,4-5,12H2,1H3,(H,15,16). The summed E-state index contributed by atoms with van der Waals surface area (Å²) >= 11 is 0. The predicted octanol–water partition coefficient (Wildman–Crippen LogP) is 0.771. The molecule has 90 valence electrons. The second-order valence-corrected chi connectivity index (χ2v) is 3.57. The highest BCUT2D eigenvalue weighted by Crippen LogP contribution is 2.23. The Balaban J connectivity index is 2.67. The number of carboxylic acid groups (broad SMARTS) is 1. The minimum absolute atomic E-state index is 0.145. The van der Waals surface area contributed by atoms with Crippen molar-refractivity contribution in [3.05, 3.63) is 23.4 Å². The summed E-state index contributed by atoms with van der Waals surface area (Å²) in [7, 11) is 1.52. The third kappa shape index (κ3) is 1.94. The van der Waals surface area contributed by atoms with Crippen LogP contribution < -0.4 is 10.5 Å². The average molecular weight is 235 g/mol. The van der Waals surface area contributed by atoms with Gasteiger partial charge in [0.25, 0.3) is 0 Å². The molecule has 0 saturated carbocycles. The van der Waals surface area contributed by atoms with Crippen LogP contribution >= 0.6 is 0 Å². The summed E-state index contributed by atoms with van der Waals surface area (Å²) in [6, 6.07) is 3.42. The molecule has 0 fully saturated rings. The molecule has 0 bridgehead atoms. The molecule has 6 nitrogen and oxygen atoms in total. The number of ether oxygens (including phenoxy) is 1. The van der Waals surface area contributed by atoms with Gasteiger partial charge in [-0.25, -0.2) is 9.78 Å². The number of H-pyrrole nitrogens is 1. The Morgan fingerprint density at radius 1 is 1.59 bits per heavy atom. The molecule has 0 atom stereocenters. The monoisotopic (exact) mass is 235 g/mol. The van der Waals surface area contributed by atoms with Gasteiger partial charge in [0.05, 0.1) is 18.1 Å². The maximum absolute atomic E-state index is 11.1. The van der Waals surface area contributed by atoms with Gasteiger partial charge in [-0.2, -0.15) is 0 Å². The number of nitrogens with one attached hydrogen (secondary N) is 1. The number of pyridine rings is 1. The number of nitrogens with two attached hydrogens (primary N) is 1. The Kier molecular flexibility index (Phi) is 2.97. The summed E-state index contributed by atoms with van der Waals surface area (Å²) in [5.74, 6) is -0.558. The van der Waals surface area contributed by atoms with Gasteiger partial charge in [-0.05, 0) is 19.0 Å². The molecule has 0 aliphatic carbocycles. The van der Waals surface area contributed by atoms with E-state index < -0.39 is 5.97 Å². The SMILES string of the molecule is COc1ccc2[nH]c(C(=O)O)c(CCN)c2n1. The summed E-state index contributed by atoms with van der Waals surface area (Å²) < 4.78 is 5.02. The lowest BCUT2D eigenvalue weighted by Crippen LogP contribution is -2.07. The van der Waals surface area contributed by atoms with Crippen molar-refractivity contribution in [3.63, 3.8) is 0 Å². The van der Waals surface area contributed by atoms with Crippen LogP contribution in [0.15, 0.2) is 12.1 Å². The first-order chi connectivity index (χ1) is 8.17. The van der Waals surface area contributed by atoms with Crippen LogP contribution in [0.2, 0.25) is 0 Å². The fraction of sp³-hybridized carbons (Fsp3) is 0.273. The molecule has 0 spiro atoms. The molecule has 0 amide bonds. The first-order valence-electron chi connectivity index (χ1n) is 5.16. The van der Waals surface area contributed by atoms with Gasteiger partial charge in [0.1, 0.15) is 5.69 Å². The van der Waals surface area contributed by atoms with Gasteiger partial charge in [-0.1, -0.05) is 0 Å². The zero-order valence-electron chi connectivity index (χ0n) is 9.36. The highest BCUT2D eigenvalue weighted by atomic mass is 16.5. The number of nitrogens with zero attached hydrogens (tertiary/aromatic N) is 1. The number of aromatic amines is 1. The van der Waals surface area contributed by atoms with Crippen LogP contribution in [0.4, 0.5) is 0 Å². The maximum Gasteiger partial charge on any atom is 0.352 e. The van der Waals surface area contributed by atoms with Crippen molar-refractivity contribution in [2.24, 2.45) is 5.73 Å². The molecular formula is C11H13N3O3. The van der Waals surface area contributed by atoms with Crippen LogP contribution in [0.1, 0.15) is 16.1 Å². The Labute approximate surface area is 97.4 Å². The van der Waals surface area contributed by atoms with E-state index >= 15 is 0 Å². The minimum atomic E-state index is -1.01. The molecule has 0 saturated heterocycles.